The highest BCUT2D eigenvalue weighted by atomic mass is 19.1. The monoisotopic (exact) mass is 428 g/mol. The first-order valence-corrected chi connectivity index (χ1v) is 9.90. The number of halogens is 1. The van der Waals surface area contributed by atoms with Crippen LogP contribution in [-0.4, -0.2) is 16.8 Å². The summed E-state index contributed by atoms with van der Waals surface area (Å²) in [6.45, 7) is 3.64. The molecule has 1 heterocycles. The third kappa shape index (κ3) is 3.66. The number of benzene rings is 3. The number of hydrogen-bond donors (Lipinski definition) is 4. The van der Waals surface area contributed by atoms with E-state index in [0.717, 1.165) is 11.1 Å². The summed E-state index contributed by atoms with van der Waals surface area (Å²) in [5.41, 5.74) is 16.1. The summed E-state index contributed by atoms with van der Waals surface area (Å²) in [6.07, 6.45) is 1.18. The molecule has 0 atom stereocenters. The molecule has 0 spiro atoms. The number of carbonyl (C=O) groups excluding carboxylic acids is 2. The highest BCUT2D eigenvalue weighted by Gasteiger charge is 2.19. The standard InChI is InChI=1S/C25H21FN4O2/c1-2-23(31)29-21-9-5-7-14(19(21)13-27)15-10-11-17(25(28)32)24-18(15)12-22(30-24)16-6-3-4-8-20(16)26/h2-12,30H,1,13,27H2,(H2,28,32)(H,29,31). The van der Waals surface area contributed by atoms with Crippen molar-refractivity contribution >= 4 is 28.4 Å². The van der Waals surface area contributed by atoms with E-state index in [0.29, 0.717) is 33.4 Å². The Balaban J connectivity index is 1.98. The fourth-order valence-electron chi connectivity index (χ4n) is 3.84. The number of anilines is 1. The number of aromatic amines is 1. The zero-order chi connectivity index (χ0) is 22.8. The summed E-state index contributed by atoms with van der Waals surface area (Å²) < 4.78 is 14.4. The number of fused-ring (bicyclic) bond motifs is 1. The SMILES string of the molecule is C=CC(=O)Nc1cccc(-c2ccc(C(N)=O)c3[nH]c(-c4ccccc4F)cc23)c1CN. The Morgan fingerprint density at radius 1 is 1.03 bits per heavy atom. The van der Waals surface area contributed by atoms with Gasteiger partial charge in [-0.15, -0.1) is 0 Å². The predicted molar refractivity (Wildman–Crippen MR) is 124 cm³/mol. The Morgan fingerprint density at radius 3 is 2.47 bits per heavy atom. The van der Waals surface area contributed by atoms with Gasteiger partial charge in [0.2, 0.25) is 5.91 Å². The molecular formula is C25H21FN4O2. The van der Waals surface area contributed by atoms with Crippen molar-refractivity contribution in [3.8, 4) is 22.4 Å². The Hall–Kier alpha value is -4.23. The van der Waals surface area contributed by atoms with Gasteiger partial charge in [-0.1, -0.05) is 36.9 Å². The van der Waals surface area contributed by atoms with E-state index in [1.54, 1.807) is 48.5 Å². The number of primary amides is 1. The second-order valence-corrected chi connectivity index (χ2v) is 7.21. The zero-order valence-electron chi connectivity index (χ0n) is 17.1. The van der Waals surface area contributed by atoms with Gasteiger partial charge in [0.25, 0.3) is 5.91 Å². The first-order valence-electron chi connectivity index (χ1n) is 9.90. The van der Waals surface area contributed by atoms with Crippen LogP contribution in [0.25, 0.3) is 33.3 Å². The van der Waals surface area contributed by atoms with Gasteiger partial charge in [-0.05, 0) is 53.1 Å². The van der Waals surface area contributed by atoms with Crippen molar-refractivity contribution in [3.63, 3.8) is 0 Å². The van der Waals surface area contributed by atoms with Crippen LogP contribution in [0.3, 0.4) is 0 Å². The highest BCUT2D eigenvalue weighted by Crippen LogP contribution is 2.38. The Labute approximate surface area is 183 Å². The van der Waals surface area contributed by atoms with Crippen LogP contribution in [0.15, 0.2) is 73.3 Å². The fraction of sp³-hybridized carbons (Fsp3) is 0.0400. The first kappa shape index (κ1) is 21.0. The molecule has 0 aliphatic carbocycles. The fourth-order valence-corrected chi connectivity index (χ4v) is 3.84. The summed E-state index contributed by atoms with van der Waals surface area (Å²) in [5.74, 6) is -1.35. The summed E-state index contributed by atoms with van der Waals surface area (Å²) in [7, 11) is 0. The van der Waals surface area contributed by atoms with E-state index in [9.17, 15) is 14.0 Å². The van der Waals surface area contributed by atoms with Crippen molar-refractivity contribution in [2.45, 2.75) is 6.54 Å². The quantitative estimate of drug-likeness (QED) is 0.343. The van der Waals surface area contributed by atoms with E-state index in [2.05, 4.69) is 16.9 Å². The second-order valence-electron chi connectivity index (χ2n) is 7.21. The third-order valence-corrected chi connectivity index (χ3v) is 5.34. The van der Waals surface area contributed by atoms with Crippen LogP contribution in [0.4, 0.5) is 10.1 Å². The van der Waals surface area contributed by atoms with Gasteiger partial charge in [0.15, 0.2) is 0 Å². The van der Waals surface area contributed by atoms with Gasteiger partial charge in [0.1, 0.15) is 5.82 Å². The van der Waals surface area contributed by atoms with E-state index < -0.39 is 11.7 Å². The number of nitrogens with one attached hydrogen (secondary N) is 2. The minimum absolute atomic E-state index is 0.159. The van der Waals surface area contributed by atoms with Crippen LogP contribution in [0.1, 0.15) is 15.9 Å². The maximum Gasteiger partial charge on any atom is 0.250 e. The lowest BCUT2D eigenvalue weighted by molar-refractivity contribution is -0.111. The maximum atomic E-state index is 14.4. The van der Waals surface area contributed by atoms with Crippen molar-refractivity contribution in [2.75, 3.05) is 5.32 Å². The molecule has 0 saturated heterocycles. The summed E-state index contributed by atoms with van der Waals surface area (Å²) in [5, 5.41) is 3.45. The smallest absolute Gasteiger partial charge is 0.250 e. The maximum absolute atomic E-state index is 14.4. The average Bonchev–Trinajstić information content (AvgIpc) is 3.23. The van der Waals surface area contributed by atoms with Crippen LogP contribution in [0.2, 0.25) is 0 Å². The van der Waals surface area contributed by atoms with Crippen LogP contribution in [0, 0.1) is 5.82 Å². The van der Waals surface area contributed by atoms with E-state index in [1.807, 2.05) is 6.07 Å². The normalized spacial score (nSPS) is 10.8. The number of aromatic nitrogens is 1. The molecule has 0 radical (unpaired) electrons. The van der Waals surface area contributed by atoms with Gasteiger partial charge in [-0.3, -0.25) is 9.59 Å². The molecule has 0 saturated carbocycles. The molecule has 4 aromatic rings. The zero-order valence-corrected chi connectivity index (χ0v) is 17.1. The van der Waals surface area contributed by atoms with E-state index in [1.165, 1.54) is 12.1 Å². The van der Waals surface area contributed by atoms with Crippen molar-refractivity contribution in [1.82, 2.24) is 4.98 Å². The largest absolute Gasteiger partial charge is 0.366 e. The van der Waals surface area contributed by atoms with Gasteiger partial charge in [0.05, 0.1) is 11.1 Å². The van der Waals surface area contributed by atoms with Crippen molar-refractivity contribution < 1.29 is 14.0 Å². The van der Waals surface area contributed by atoms with E-state index in [4.69, 9.17) is 11.5 Å². The van der Waals surface area contributed by atoms with Crippen LogP contribution < -0.4 is 16.8 Å². The van der Waals surface area contributed by atoms with Crippen molar-refractivity contribution in [2.24, 2.45) is 11.5 Å². The lowest BCUT2D eigenvalue weighted by Gasteiger charge is -2.15. The van der Waals surface area contributed by atoms with Gasteiger partial charge >= 0.3 is 0 Å². The van der Waals surface area contributed by atoms with Gasteiger partial charge in [-0.2, -0.15) is 0 Å². The summed E-state index contributed by atoms with van der Waals surface area (Å²) >= 11 is 0. The topological polar surface area (TPSA) is 114 Å². The molecule has 6 N–H and O–H groups in total. The number of hydrogen-bond acceptors (Lipinski definition) is 3. The van der Waals surface area contributed by atoms with Crippen LogP contribution in [-0.2, 0) is 11.3 Å². The number of H-pyrrole nitrogens is 1. The molecule has 0 fully saturated rings. The molecule has 6 nitrogen and oxygen atoms in total. The molecule has 160 valence electrons. The number of rotatable bonds is 6. The van der Waals surface area contributed by atoms with Gasteiger partial charge in [0, 0.05) is 28.9 Å². The Morgan fingerprint density at radius 2 is 1.78 bits per heavy atom. The number of amides is 2. The first-order chi connectivity index (χ1) is 15.4. The molecule has 0 bridgehead atoms. The lowest BCUT2D eigenvalue weighted by atomic mass is 9.93. The lowest BCUT2D eigenvalue weighted by Crippen LogP contribution is -2.13. The highest BCUT2D eigenvalue weighted by molar-refractivity contribution is 6.11. The van der Waals surface area contributed by atoms with Crippen molar-refractivity contribution in [3.05, 3.63) is 90.3 Å². The molecule has 0 aliphatic rings. The number of nitrogens with two attached hydrogens (primary N) is 2. The molecule has 0 unspecified atom stereocenters. The molecule has 4 rings (SSSR count). The Bertz CT molecular complexity index is 1370. The summed E-state index contributed by atoms with van der Waals surface area (Å²) in [4.78, 5) is 27.1. The van der Waals surface area contributed by atoms with Gasteiger partial charge in [-0.25, -0.2) is 4.39 Å². The molecule has 32 heavy (non-hydrogen) atoms. The molecule has 7 heteroatoms. The molecule has 3 aromatic carbocycles. The van der Waals surface area contributed by atoms with E-state index in [-0.39, 0.29) is 18.0 Å². The molecule has 0 aliphatic heterocycles. The number of carbonyl (C=O) groups is 2. The predicted octanol–water partition coefficient (Wildman–Crippen LogP) is 4.32. The van der Waals surface area contributed by atoms with E-state index >= 15 is 0 Å². The Kier molecular flexibility index (Phi) is 5.57. The minimum atomic E-state index is -0.602. The molecule has 2 amide bonds. The molecular weight excluding hydrogens is 407 g/mol. The van der Waals surface area contributed by atoms with Crippen LogP contribution >= 0.6 is 0 Å². The third-order valence-electron chi connectivity index (χ3n) is 5.34. The minimum Gasteiger partial charge on any atom is -0.366 e. The van der Waals surface area contributed by atoms with Gasteiger partial charge < -0.3 is 21.8 Å². The van der Waals surface area contributed by atoms with Crippen LogP contribution in [0.5, 0.6) is 0 Å². The second kappa shape index (κ2) is 8.49. The molecule has 1 aromatic heterocycles. The average molecular weight is 428 g/mol. The van der Waals surface area contributed by atoms with Crippen molar-refractivity contribution in [1.29, 1.82) is 0 Å². The summed E-state index contributed by atoms with van der Waals surface area (Å²) in [6, 6.07) is 17.0.